The zero-order valence-corrected chi connectivity index (χ0v) is 12.2. The van der Waals surface area contributed by atoms with Gasteiger partial charge in [0.1, 0.15) is 6.07 Å². The van der Waals surface area contributed by atoms with Crippen molar-refractivity contribution in [2.75, 3.05) is 31.1 Å². The van der Waals surface area contributed by atoms with Gasteiger partial charge >= 0.3 is 0 Å². The van der Waals surface area contributed by atoms with Crippen LogP contribution in [0.1, 0.15) is 31.4 Å². The van der Waals surface area contributed by atoms with Crippen LogP contribution in [0.2, 0.25) is 0 Å². The molecule has 0 amide bonds. The third-order valence-electron chi connectivity index (χ3n) is 4.14. The number of hydrogen-bond acceptors (Lipinski definition) is 3. The van der Waals surface area contributed by atoms with Crippen LogP contribution in [0.5, 0.6) is 0 Å². The van der Waals surface area contributed by atoms with E-state index in [1.165, 1.54) is 12.0 Å². The van der Waals surface area contributed by atoms with Crippen molar-refractivity contribution >= 4 is 5.69 Å². The largest absolute Gasteiger partial charge is 0.368 e. The molecule has 0 saturated carbocycles. The van der Waals surface area contributed by atoms with E-state index in [1.54, 1.807) is 0 Å². The van der Waals surface area contributed by atoms with Crippen molar-refractivity contribution < 1.29 is 0 Å². The Morgan fingerprint density at radius 3 is 2.53 bits per heavy atom. The molecule has 0 N–H and O–H groups in total. The second-order valence-electron chi connectivity index (χ2n) is 5.41. The van der Waals surface area contributed by atoms with E-state index in [9.17, 15) is 5.26 Å². The van der Waals surface area contributed by atoms with E-state index in [0.29, 0.717) is 6.04 Å². The minimum atomic E-state index is 0.662. The van der Waals surface area contributed by atoms with Gasteiger partial charge in [-0.2, -0.15) is 5.26 Å². The predicted molar refractivity (Wildman–Crippen MR) is 79.4 cm³/mol. The molecule has 1 unspecified atom stereocenters. The molecule has 3 nitrogen and oxygen atoms in total. The maximum Gasteiger partial charge on any atom is 0.101 e. The van der Waals surface area contributed by atoms with E-state index in [4.69, 9.17) is 0 Å². The fraction of sp³-hybridized carbons (Fsp3) is 0.562. The minimum Gasteiger partial charge on any atom is -0.368 e. The maximum absolute atomic E-state index is 9.23. The minimum absolute atomic E-state index is 0.662. The molecule has 0 bridgehead atoms. The van der Waals surface area contributed by atoms with Gasteiger partial charge in [0.25, 0.3) is 0 Å². The molecule has 1 heterocycles. The summed E-state index contributed by atoms with van der Waals surface area (Å²) in [6, 6.07) is 9.06. The first-order chi connectivity index (χ1) is 9.15. The van der Waals surface area contributed by atoms with Gasteiger partial charge in [-0.1, -0.05) is 13.0 Å². The van der Waals surface area contributed by atoms with Crippen molar-refractivity contribution in [1.29, 1.82) is 5.26 Å². The Kier molecular flexibility index (Phi) is 4.44. The number of nitrogens with zero attached hydrogens (tertiary/aromatic N) is 3. The summed E-state index contributed by atoms with van der Waals surface area (Å²) in [7, 11) is 0. The summed E-state index contributed by atoms with van der Waals surface area (Å²) in [4.78, 5) is 4.89. The van der Waals surface area contributed by atoms with E-state index in [2.05, 4.69) is 42.7 Å². The monoisotopic (exact) mass is 257 g/mol. The molecule has 102 valence electrons. The summed E-state index contributed by atoms with van der Waals surface area (Å²) in [6.45, 7) is 10.8. The molecule has 1 aromatic rings. The van der Waals surface area contributed by atoms with Crippen LogP contribution in [0.3, 0.4) is 0 Å². The SMILES string of the molecule is CCC(C)N1CCN(c2cc(C)ccc2C#N)CC1. The van der Waals surface area contributed by atoms with Gasteiger partial charge < -0.3 is 4.90 Å². The van der Waals surface area contributed by atoms with E-state index < -0.39 is 0 Å². The van der Waals surface area contributed by atoms with Crippen LogP contribution in [0.25, 0.3) is 0 Å². The number of hydrogen-bond donors (Lipinski definition) is 0. The van der Waals surface area contributed by atoms with Crippen LogP contribution < -0.4 is 4.90 Å². The van der Waals surface area contributed by atoms with Gasteiger partial charge in [-0.3, -0.25) is 4.90 Å². The maximum atomic E-state index is 9.23. The van der Waals surface area contributed by atoms with Gasteiger partial charge in [0.05, 0.1) is 11.3 Å². The second-order valence-corrected chi connectivity index (χ2v) is 5.41. The van der Waals surface area contributed by atoms with Crippen LogP contribution in [0.15, 0.2) is 18.2 Å². The average Bonchev–Trinajstić information content (AvgIpc) is 2.46. The fourth-order valence-corrected chi connectivity index (χ4v) is 2.66. The first kappa shape index (κ1) is 13.9. The average molecular weight is 257 g/mol. The standard InChI is InChI=1S/C16H23N3/c1-4-14(3)18-7-9-19(10-8-18)16-11-13(2)5-6-15(16)12-17/h5-6,11,14H,4,7-10H2,1-3H3. The summed E-state index contributed by atoms with van der Waals surface area (Å²) in [5, 5.41) is 9.23. The van der Waals surface area contributed by atoms with Gasteiger partial charge in [-0.25, -0.2) is 0 Å². The molecule has 1 aliphatic heterocycles. The fourth-order valence-electron chi connectivity index (χ4n) is 2.66. The number of benzene rings is 1. The van der Waals surface area contributed by atoms with Crippen molar-refractivity contribution in [2.45, 2.75) is 33.2 Å². The number of rotatable bonds is 3. The molecule has 1 atom stereocenters. The molecular weight excluding hydrogens is 234 g/mol. The Hall–Kier alpha value is -1.53. The summed E-state index contributed by atoms with van der Waals surface area (Å²) < 4.78 is 0. The highest BCUT2D eigenvalue weighted by atomic mass is 15.3. The van der Waals surface area contributed by atoms with Crippen molar-refractivity contribution in [2.24, 2.45) is 0 Å². The number of aryl methyl sites for hydroxylation is 1. The molecule has 1 aromatic carbocycles. The molecular formula is C16H23N3. The van der Waals surface area contributed by atoms with E-state index in [-0.39, 0.29) is 0 Å². The first-order valence-corrected chi connectivity index (χ1v) is 7.15. The predicted octanol–water partition coefficient (Wildman–Crippen LogP) is 2.79. The lowest BCUT2D eigenvalue weighted by Crippen LogP contribution is -2.49. The molecule has 0 aromatic heterocycles. The summed E-state index contributed by atoms with van der Waals surface area (Å²) in [6.07, 6.45) is 1.20. The van der Waals surface area contributed by atoms with Gasteiger partial charge in [0.2, 0.25) is 0 Å². The third-order valence-corrected chi connectivity index (χ3v) is 4.14. The van der Waals surface area contributed by atoms with Crippen LogP contribution in [0, 0.1) is 18.3 Å². The smallest absolute Gasteiger partial charge is 0.101 e. The highest BCUT2D eigenvalue weighted by Gasteiger charge is 2.21. The Morgan fingerprint density at radius 1 is 1.26 bits per heavy atom. The third kappa shape index (κ3) is 3.08. The lowest BCUT2D eigenvalue weighted by Gasteiger charge is -2.39. The topological polar surface area (TPSA) is 30.3 Å². The summed E-state index contributed by atoms with van der Waals surface area (Å²) in [5.74, 6) is 0. The van der Waals surface area contributed by atoms with Crippen LogP contribution in [-0.4, -0.2) is 37.1 Å². The Balaban J connectivity index is 2.10. The summed E-state index contributed by atoms with van der Waals surface area (Å²) >= 11 is 0. The molecule has 2 rings (SSSR count). The zero-order valence-electron chi connectivity index (χ0n) is 12.2. The highest BCUT2D eigenvalue weighted by Crippen LogP contribution is 2.23. The molecule has 1 saturated heterocycles. The zero-order chi connectivity index (χ0) is 13.8. The van der Waals surface area contributed by atoms with Crippen molar-refractivity contribution in [1.82, 2.24) is 4.90 Å². The van der Waals surface area contributed by atoms with Crippen molar-refractivity contribution in [3.8, 4) is 6.07 Å². The molecule has 0 aliphatic carbocycles. The number of nitriles is 1. The molecule has 1 aliphatic rings. The van der Waals surface area contributed by atoms with Crippen LogP contribution in [0.4, 0.5) is 5.69 Å². The molecule has 0 radical (unpaired) electrons. The summed E-state index contributed by atoms with van der Waals surface area (Å²) in [5.41, 5.74) is 3.12. The molecule has 0 spiro atoms. The highest BCUT2D eigenvalue weighted by molar-refractivity contribution is 5.61. The van der Waals surface area contributed by atoms with Crippen LogP contribution >= 0.6 is 0 Å². The van der Waals surface area contributed by atoms with E-state index in [0.717, 1.165) is 37.4 Å². The quantitative estimate of drug-likeness (QED) is 0.834. The Bertz CT molecular complexity index is 467. The second kappa shape index (κ2) is 6.08. The van der Waals surface area contributed by atoms with E-state index >= 15 is 0 Å². The number of piperazine rings is 1. The van der Waals surface area contributed by atoms with Gasteiger partial charge in [-0.05, 0) is 38.0 Å². The van der Waals surface area contributed by atoms with Gasteiger partial charge in [-0.15, -0.1) is 0 Å². The normalized spacial score (nSPS) is 18.1. The first-order valence-electron chi connectivity index (χ1n) is 7.15. The molecule has 1 fully saturated rings. The van der Waals surface area contributed by atoms with E-state index in [1.807, 2.05) is 12.1 Å². The number of anilines is 1. The van der Waals surface area contributed by atoms with Crippen molar-refractivity contribution in [3.05, 3.63) is 29.3 Å². The van der Waals surface area contributed by atoms with Crippen molar-refractivity contribution in [3.63, 3.8) is 0 Å². The lowest BCUT2D eigenvalue weighted by atomic mass is 10.1. The Morgan fingerprint density at radius 2 is 1.95 bits per heavy atom. The van der Waals surface area contributed by atoms with Crippen LogP contribution in [-0.2, 0) is 0 Å². The van der Waals surface area contributed by atoms with Gasteiger partial charge in [0, 0.05) is 32.2 Å². The lowest BCUT2D eigenvalue weighted by molar-refractivity contribution is 0.193. The Labute approximate surface area is 116 Å². The van der Waals surface area contributed by atoms with Gasteiger partial charge in [0.15, 0.2) is 0 Å². The molecule has 19 heavy (non-hydrogen) atoms. The molecule has 3 heteroatoms.